The minimum absolute atomic E-state index is 0.0477. The Labute approximate surface area is 152 Å². The first-order valence-corrected chi connectivity index (χ1v) is 8.60. The minimum atomic E-state index is -0.717. The van der Waals surface area contributed by atoms with Crippen molar-refractivity contribution in [3.63, 3.8) is 0 Å². The van der Waals surface area contributed by atoms with E-state index in [1.807, 2.05) is 42.5 Å². The van der Waals surface area contributed by atoms with E-state index in [0.29, 0.717) is 29.6 Å². The van der Waals surface area contributed by atoms with E-state index in [0.717, 1.165) is 17.5 Å². The molecule has 0 fully saturated rings. The van der Waals surface area contributed by atoms with E-state index in [1.54, 1.807) is 25.8 Å². The molecular formula is C20H23N3O3. The number of hydrogen-bond donors (Lipinski definition) is 1. The molecule has 1 N–H and O–H groups in total. The molecule has 0 spiro atoms. The fraction of sp³-hybridized carbons (Fsp3) is 0.350. The predicted octanol–water partition coefficient (Wildman–Crippen LogP) is 3.20. The molecule has 0 unspecified atom stereocenters. The summed E-state index contributed by atoms with van der Waals surface area (Å²) in [5, 5.41) is 17.5. The molecule has 1 amide bonds. The topological polar surface area (TPSA) is 79.5 Å². The van der Waals surface area contributed by atoms with E-state index in [-0.39, 0.29) is 5.91 Å². The summed E-state index contributed by atoms with van der Waals surface area (Å²) in [6.07, 6.45) is 1.37. The van der Waals surface area contributed by atoms with Crippen LogP contribution in [0, 0.1) is 0 Å². The Balaban J connectivity index is 1.69. The van der Waals surface area contributed by atoms with E-state index < -0.39 is 5.60 Å². The van der Waals surface area contributed by atoms with Gasteiger partial charge >= 0.3 is 0 Å². The standard InChI is InChI=1S/C20H23N3O3/c1-20(2,25)10-9-14-5-4-6-16(11-14)19(24)23(3)13-15-7-8-17-18(12-15)22-26-21-17/h4-8,11-12,25H,9-10,13H2,1-3H3. The Kier molecular flexibility index (Phi) is 5.04. The fourth-order valence-electron chi connectivity index (χ4n) is 2.80. The lowest BCUT2D eigenvalue weighted by Gasteiger charge is -2.19. The largest absolute Gasteiger partial charge is 0.390 e. The Bertz CT molecular complexity index is 912. The summed E-state index contributed by atoms with van der Waals surface area (Å²) in [5.74, 6) is -0.0477. The smallest absolute Gasteiger partial charge is 0.253 e. The number of amides is 1. The zero-order valence-electron chi connectivity index (χ0n) is 15.3. The van der Waals surface area contributed by atoms with Crippen molar-refractivity contribution in [3.05, 3.63) is 59.2 Å². The summed E-state index contributed by atoms with van der Waals surface area (Å²) in [6, 6.07) is 13.2. The zero-order valence-corrected chi connectivity index (χ0v) is 15.3. The van der Waals surface area contributed by atoms with Crippen molar-refractivity contribution in [1.82, 2.24) is 15.2 Å². The van der Waals surface area contributed by atoms with Gasteiger partial charge in [-0.15, -0.1) is 0 Å². The number of rotatable bonds is 6. The average Bonchev–Trinajstić information content (AvgIpc) is 3.06. The van der Waals surface area contributed by atoms with E-state index >= 15 is 0 Å². The lowest BCUT2D eigenvalue weighted by Crippen LogP contribution is -2.26. The summed E-state index contributed by atoms with van der Waals surface area (Å²) in [4.78, 5) is 14.4. The van der Waals surface area contributed by atoms with Crippen LogP contribution >= 0.6 is 0 Å². The van der Waals surface area contributed by atoms with Crippen molar-refractivity contribution in [3.8, 4) is 0 Å². The third-order valence-corrected chi connectivity index (χ3v) is 4.28. The number of carbonyl (C=O) groups excluding carboxylic acids is 1. The van der Waals surface area contributed by atoms with Crippen molar-refractivity contribution in [2.75, 3.05) is 7.05 Å². The van der Waals surface area contributed by atoms with E-state index in [4.69, 9.17) is 4.63 Å². The first-order valence-electron chi connectivity index (χ1n) is 8.60. The summed E-state index contributed by atoms with van der Waals surface area (Å²) >= 11 is 0. The number of benzene rings is 2. The van der Waals surface area contributed by atoms with Crippen LogP contribution in [0.4, 0.5) is 0 Å². The van der Waals surface area contributed by atoms with Gasteiger partial charge in [0, 0.05) is 19.2 Å². The highest BCUT2D eigenvalue weighted by Gasteiger charge is 2.15. The van der Waals surface area contributed by atoms with Gasteiger partial charge in [0.2, 0.25) is 0 Å². The maximum absolute atomic E-state index is 12.7. The molecule has 136 valence electrons. The van der Waals surface area contributed by atoms with Crippen molar-refractivity contribution < 1.29 is 14.5 Å². The van der Waals surface area contributed by atoms with Crippen molar-refractivity contribution in [2.45, 2.75) is 38.8 Å². The highest BCUT2D eigenvalue weighted by Crippen LogP contribution is 2.17. The predicted molar refractivity (Wildman–Crippen MR) is 98.7 cm³/mol. The van der Waals surface area contributed by atoms with Crippen LogP contribution in [0.5, 0.6) is 0 Å². The van der Waals surface area contributed by atoms with Crippen LogP contribution in [0.2, 0.25) is 0 Å². The van der Waals surface area contributed by atoms with Crippen molar-refractivity contribution in [1.29, 1.82) is 0 Å². The summed E-state index contributed by atoms with van der Waals surface area (Å²) in [5.41, 5.74) is 3.30. The number of carbonyl (C=O) groups is 1. The van der Waals surface area contributed by atoms with Gasteiger partial charge in [0.25, 0.3) is 5.91 Å². The molecule has 3 aromatic rings. The maximum atomic E-state index is 12.7. The average molecular weight is 353 g/mol. The number of aliphatic hydroxyl groups is 1. The third-order valence-electron chi connectivity index (χ3n) is 4.28. The summed E-state index contributed by atoms with van der Waals surface area (Å²) in [6.45, 7) is 4.05. The number of fused-ring (bicyclic) bond motifs is 1. The van der Waals surface area contributed by atoms with Gasteiger partial charge in [-0.25, -0.2) is 4.63 Å². The molecule has 6 heteroatoms. The van der Waals surface area contributed by atoms with Crippen LogP contribution in [0.3, 0.4) is 0 Å². The number of aryl methyl sites for hydroxylation is 1. The fourth-order valence-corrected chi connectivity index (χ4v) is 2.80. The van der Waals surface area contributed by atoms with Gasteiger partial charge in [-0.3, -0.25) is 4.79 Å². The molecule has 0 aliphatic heterocycles. The van der Waals surface area contributed by atoms with Gasteiger partial charge in [0.1, 0.15) is 11.0 Å². The first-order chi connectivity index (χ1) is 12.3. The van der Waals surface area contributed by atoms with Gasteiger partial charge in [0.05, 0.1) is 5.60 Å². The van der Waals surface area contributed by atoms with Crippen LogP contribution in [-0.4, -0.2) is 38.9 Å². The SMILES string of the molecule is CN(Cc1ccc2nonc2c1)C(=O)c1cccc(CCC(C)(C)O)c1. The van der Waals surface area contributed by atoms with Gasteiger partial charge in [-0.2, -0.15) is 0 Å². The van der Waals surface area contributed by atoms with Crippen molar-refractivity contribution in [2.24, 2.45) is 0 Å². The summed E-state index contributed by atoms with van der Waals surface area (Å²) < 4.78 is 4.70. The van der Waals surface area contributed by atoms with Crippen LogP contribution in [0.15, 0.2) is 47.1 Å². The zero-order chi connectivity index (χ0) is 18.7. The Hall–Kier alpha value is -2.73. The normalized spacial score (nSPS) is 11.7. The third kappa shape index (κ3) is 4.46. The maximum Gasteiger partial charge on any atom is 0.253 e. The Morgan fingerprint density at radius 3 is 2.65 bits per heavy atom. The lowest BCUT2D eigenvalue weighted by atomic mass is 9.98. The number of nitrogens with zero attached hydrogens (tertiary/aromatic N) is 3. The molecular weight excluding hydrogens is 330 g/mol. The molecule has 1 heterocycles. The summed E-state index contributed by atoms with van der Waals surface area (Å²) in [7, 11) is 1.77. The molecule has 2 aromatic carbocycles. The Morgan fingerprint density at radius 2 is 1.88 bits per heavy atom. The molecule has 0 radical (unpaired) electrons. The second-order valence-corrected chi connectivity index (χ2v) is 7.26. The van der Waals surface area contributed by atoms with Crippen LogP contribution in [0.25, 0.3) is 11.0 Å². The highest BCUT2D eigenvalue weighted by molar-refractivity contribution is 5.94. The van der Waals surface area contributed by atoms with Crippen LogP contribution in [-0.2, 0) is 13.0 Å². The lowest BCUT2D eigenvalue weighted by molar-refractivity contribution is 0.0714. The first kappa shape index (κ1) is 18.1. The molecule has 0 atom stereocenters. The van der Waals surface area contributed by atoms with Crippen LogP contribution < -0.4 is 0 Å². The molecule has 0 saturated heterocycles. The van der Waals surface area contributed by atoms with Gasteiger partial charge in [0.15, 0.2) is 0 Å². The molecule has 0 saturated carbocycles. The molecule has 1 aromatic heterocycles. The molecule has 0 aliphatic carbocycles. The minimum Gasteiger partial charge on any atom is -0.390 e. The van der Waals surface area contributed by atoms with Crippen molar-refractivity contribution >= 4 is 16.9 Å². The van der Waals surface area contributed by atoms with Gasteiger partial charge in [-0.1, -0.05) is 18.2 Å². The van der Waals surface area contributed by atoms with E-state index in [9.17, 15) is 9.90 Å². The molecule has 26 heavy (non-hydrogen) atoms. The molecule has 6 nitrogen and oxygen atoms in total. The van der Waals surface area contributed by atoms with Gasteiger partial charge < -0.3 is 10.0 Å². The quantitative estimate of drug-likeness (QED) is 0.736. The van der Waals surface area contributed by atoms with Gasteiger partial charge in [-0.05, 0) is 72.4 Å². The molecule has 0 aliphatic rings. The number of aromatic nitrogens is 2. The van der Waals surface area contributed by atoms with E-state index in [1.165, 1.54) is 0 Å². The second-order valence-electron chi connectivity index (χ2n) is 7.26. The highest BCUT2D eigenvalue weighted by atomic mass is 16.6. The Morgan fingerprint density at radius 1 is 1.12 bits per heavy atom. The molecule has 0 bridgehead atoms. The van der Waals surface area contributed by atoms with E-state index in [2.05, 4.69) is 10.3 Å². The second kappa shape index (κ2) is 7.25. The monoisotopic (exact) mass is 353 g/mol. The molecule has 3 rings (SSSR count). The number of hydrogen-bond acceptors (Lipinski definition) is 5. The van der Waals surface area contributed by atoms with Crippen LogP contribution in [0.1, 0.15) is 41.8 Å².